The number of rotatable bonds is 5. The number of halogens is 2. The molecular weight excluding hydrogens is 260 g/mol. The number of nitrogens with zero attached hydrogens (tertiary/aromatic N) is 1. The fourth-order valence-corrected chi connectivity index (χ4v) is 1.35. The van der Waals surface area contributed by atoms with E-state index in [0.29, 0.717) is 6.29 Å². The van der Waals surface area contributed by atoms with Gasteiger partial charge in [-0.2, -0.15) is 14.0 Å². The van der Waals surface area contributed by atoms with Gasteiger partial charge < -0.3 is 9.84 Å². The van der Waals surface area contributed by atoms with Crippen molar-refractivity contribution in [3.05, 3.63) is 34.9 Å². The Kier molecular flexibility index (Phi) is 4.71. The molecule has 0 aliphatic heterocycles. The maximum Gasteiger partial charge on any atom is 0.387 e. The Balaban J connectivity index is 3.34. The molecule has 0 unspecified atom stereocenters. The number of carboxylic acids is 1. The standard InChI is InChI=1S/C12H7F2NO4/c13-12(14)19-9-3-7(5-15)10(1-2-11(17)18)8(4-9)6-16/h1-4,6,12H,(H,17,18)/b2-1+. The second-order valence-corrected chi connectivity index (χ2v) is 3.25. The molecule has 7 heteroatoms. The molecule has 0 radical (unpaired) electrons. The number of carbonyl (C=O) groups excluding carboxylic acids is 1. The molecule has 0 amide bonds. The number of hydrogen-bond donors (Lipinski definition) is 1. The average molecular weight is 267 g/mol. The van der Waals surface area contributed by atoms with Gasteiger partial charge in [0.05, 0.1) is 11.6 Å². The Hall–Kier alpha value is -2.75. The van der Waals surface area contributed by atoms with Crippen LogP contribution < -0.4 is 4.74 Å². The summed E-state index contributed by atoms with van der Waals surface area (Å²) in [5, 5.41) is 17.4. The van der Waals surface area contributed by atoms with Crippen LogP contribution in [0.4, 0.5) is 8.78 Å². The molecule has 1 aromatic rings. The van der Waals surface area contributed by atoms with Gasteiger partial charge in [0.1, 0.15) is 5.75 Å². The predicted molar refractivity (Wildman–Crippen MR) is 59.8 cm³/mol. The molecule has 1 N–H and O–H groups in total. The maximum absolute atomic E-state index is 12.1. The first-order valence-electron chi connectivity index (χ1n) is 4.87. The summed E-state index contributed by atoms with van der Waals surface area (Å²) in [7, 11) is 0. The molecule has 5 nitrogen and oxygen atoms in total. The first kappa shape index (κ1) is 14.3. The van der Waals surface area contributed by atoms with Crippen LogP contribution in [0.15, 0.2) is 18.2 Å². The number of nitriles is 1. The molecule has 0 saturated heterocycles. The zero-order valence-corrected chi connectivity index (χ0v) is 9.34. The highest BCUT2D eigenvalue weighted by Crippen LogP contribution is 2.24. The lowest BCUT2D eigenvalue weighted by Gasteiger charge is -2.08. The normalized spacial score (nSPS) is 10.4. The minimum absolute atomic E-state index is 0.0292. The van der Waals surface area contributed by atoms with Gasteiger partial charge in [-0.15, -0.1) is 0 Å². The monoisotopic (exact) mass is 267 g/mol. The maximum atomic E-state index is 12.1. The van der Waals surface area contributed by atoms with Crippen LogP contribution in [0.1, 0.15) is 21.5 Å². The Morgan fingerprint density at radius 3 is 2.63 bits per heavy atom. The van der Waals surface area contributed by atoms with Gasteiger partial charge in [-0.3, -0.25) is 4.79 Å². The lowest BCUT2D eigenvalue weighted by Crippen LogP contribution is -2.04. The van der Waals surface area contributed by atoms with Gasteiger partial charge in [-0.25, -0.2) is 4.79 Å². The van der Waals surface area contributed by atoms with Crippen molar-refractivity contribution in [1.82, 2.24) is 0 Å². The molecule has 0 aliphatic carbocycles. The summed E-state index contributed by atoms with van der Waals surface area (Å²) < 4.78 is 28.2. The summed E-state index contributed by atoms with van der Waals surface area (Å²) in [6.45, 7) is -3.09. The molecule has 0 bridgehead atoms. The molecule has 1 rings (SSSR count). The first-order valence-corrected chi connectivity index (χ1v) is 4.87. The summed E-state index contributed by atoms with van der Waals surface area (Å²) in [6.07, 6.45) is 2.09. The molecule has 0 fully saturated rings. The molecule has 1 aromatic carbocycles. The Morgan fingerprint density at radius 2 is 2.16 bits per heavy atom. The summed E-state index contributed by atoms with van der Waals surface area (Å²) in [4.78, 5) is 21.2. The van der Waals surface area contributed by atoms with Gasteiger partial charge in [0, 0.05) is 17.2 Å². The zero-order chi connectivity index (χ0) is 14.4. The molecule has 0 atom stereocenters. The number of carbonyl (C=O) groups is 2. The number of aliphatic carboxylic acids is 1. The van der Waals surface area contributed by atoms with Crippen LogP contribution >= 0.6 is 0 Å². The largest absolute Gasteiger partial charge is 0.478 e. The number of benzene rings is 1. The van der Waals surface area contributed by atoms with Gasteiger partial charge in [-0.05, 0) is 18.2 Å². The second kappa shape index (κ2) is 6.26. The van der Waals surface area contributed by atoms with Gasteiger partial charge >= 0.3 is 12.6 Å². The van der Waals surface area contributed by atoms with Crippen LogP contribution in [0.25, 0.3) is 6.08 Å². The van der Waals surface area contributed by atoms with E-state index >= 15 is 0 Å². The molecule has 0 heterocycles. The Labute approximate surface area is 106 Å². The average Bonchev–Trinajstić information content (AvgIpc) is 2.35. The van der Waals surface area contributed by atoms with Gasteiger partial charge in [0.25, 0.3) is 0 Å². The van der Waals surface area contributed by atoms with E-state index in [0.717, 1.165) is 24.3 Å². The summed E-state index contributed by atoms with van der Waals surface area (Å²) >= 11 is 0. The number of aldehydes is 1. The fourth-order valence-electron chi connectivity index (χ4n) is 1.35. The highest BCUT2D eigenvalue weighted by Gasteiger charge is 2.12. The second-order valence-electron chi connectivity index (χ2n) is 3.25. The molecule has 0 saturated carbocycles. The van der Waals surface area contributed by atoms with E-state index in [4.69, 9.17) is 10.4 Å². The van der Waals surface area contributed by atoms with Crippen molar-refractivity contribution < 1.29 is 28.2 Å². The highest BCUT2D eigenvalue weighted by atomic mass is 19.3. The number of ether oxygens (including phenoxy) is 1. The van der Waals surface area contributed by atoms with Crippen LogP contribution in [-0.2, 0) is 4.79 Å². The SMILES string of the molecule is N#Cc1cc(OC(F)F)cc(C=O)c1/C=C/C(=O)O. The minimum atomic E-state index is -3.09. The van der Waals surface area contributed by atoms with Crippen molar-refractivity contribution in [2.24, 2.45) is 0 Å². The number of hydrogen-bond acceptors (Lipinski definition) is 4. The van der Waals surface area contributed by atoms with Crippen molar-refractivity contribution in [3.63, 3.8) is 0 Å². The smallest absolute Gasteiger partial charge is 0.387 e. The van der Waals surface area contributed by atoms with Crippen LogP contribution in [0, 0.1) is 11.3 Å². The van der Waals surface area contributed by atoms with Gasteiger partial charge in [0.15, 0.2) is 6.29 Å². The van der Waals surface area contributed by atoms with Crippen LogP contribution in [0.2, 0.25) is 0 Å². The number of alkyl halides is 2. The highest BCUT2D eigenvalue weighted by molar-refractivity contribution is 5.90. The van der Waals surface area contributed by atoms with Crippen LogP contribution in [-0.4, -0.2) is 24.0 Å². The van der Waals surface area contributed by atoms with E-state index in [2.05, 4.69) is 4.74 Å². The van der Waals surface area contributed by atoms with E-state index in [-0.39, 0.29) is 22.4 Å². The lowest BCUT2D eigenvalue weighted by atomic mass is 10.0. The quantitative estimate of drug-likeness (QED) is 0.651. The zero-order valence-electron chi connectivity index (χ0n) is 9.34. The van der Waals surface area contributed by atoms with E-state index < -0.39 is 12.6 Å². The van der Waals surface area contributed by atoms with Crippen molar-refractivity contribution in [1.29, 1.82) is 5.26 Å². The molecular formula is C12H7F2NO4. The van der Waals surface area contributed by atoms with Gasteiger partial charge in [0.2, 0.25) is 0 Å². The molecule has 0 spiro atoms. The summed E-state index contributed by atoms with van der Waals surface area (Å²) in [5.41, 5.74) is -0.230. The molecule has 19 heavy (non-hydrogen) atoms. The van der Waals surface area contributed by atoms with Gasteiger partial charge in [-0.1, -0.05) is 0 Å². The molecule has 0 aliphatic rings. The van der Waals surface area contributed by atoms with E-state index in [1.807, 2.05) is 0 Å². The topological polar surface area (TPSA) is 87.4 Å². The van der Waals surface area contributed by atoms with Crippen molar-refractivity contribution in [2.45, 2.75) is 6.61 Å². The minimum Gasteiger partial charge on any atom is -0.478 e. The first-order chi connectivity index (χ1) is 8.97. The Bertz CT molecular complexity index is 576. The third kappa shape index (κ3) is 3.89. The van der Waals surface area contributed by atoms with Crippen molar-refractivity contribution in [3.8, 4) is 11.8 Å². The fraction of sp³-hybridized carbons (Fsp3) is 0.0833. The van der Waals surface area contributed by atoms with E-state index in [1.165, 1.54) is 0 Å². The summed E-state index contributed by atoms with van der Waals surface area (Å²) in [6, 6.07) is 3.68. The predicted octanol–water partition coefficient (Wildman–Crippen LogP) is 2.07. The lowest BCUT2D eigenvalue weighted by molar-refractivity contribution is -0.131. The van der Waals surface area contributed by atoms with E-state index in [9.17, 15) is 18.4 Å². The van der Waals surface area contributed by atoms with Crippen molar-refractivity contribution >= 4 is 18.3 Å². The third-order valence-electron chi connectivity index (χ3n) is 2.05. The van der Waals surface area contributed by atoms with Crippen molar-refractivity contribution in [2.75, 3.05) is 0 Å². The van der Waals surface area contributed by atoms with E-state index in [1.54, 1.807) is 6.07 Å². The Morgan fingerprint density at radius 1 is 1.47 bits per heavy atom. The van der Waals surface area contributed by atoms with Crippen LogP contribution in [0.5, 0.6) is 5.75 Å². The third-order valence-corrected chi connectivity index (χ3v) is 2.05. The van der Waals surface area contributed by atoms with Crippen LogP contribution in [0.3, 0.4) is 0 Å². The molecule has 98 valence electrons. The molecule has 0 aromatic heterocycles. The summed E-state index contributed by atoms with van der Waals surface area (Å²) in [5.74, 6) is -1.62. The number of carboxylic acid groups (broad SMARTS) is 1.